The molecule has 1 aromatic heterocycles. The molecule has 1 atom stereocenters. The lowest BCUT2D eigenvalue weighted by atomic mass is 9.97. The van der Waals surface area contributed by atoms with Crippen molar-refractivity contribution in [3.63, 3.8) is 0 Å². The van der Waals surface area contributed by atoms with E-state index >= 15 is 0 Å². The minimum Gasteiger partial charge on any atom is -0.423 e. The molecule has 0 amide bonds. The van der Waals surface area contributed by atoms with E-state index in [9.17, 15) is 0 Å². The number of oxazole rings is 1. The zero-order valence-electron chi connectivity index (χ0n) is 13.2. The maximum absolute atomic E-state index is 5.90. The second kappa shape index (κ2) is 5.68. The van der Waals surface area contributed by atoms with E-state index in [1.807, 2.05) is 24.3 Å². The molecule has 2 heterocycles. The summed E-state index contributed by atoms with van der Waals surface area (Å²) in [5.74, 6) is 0.660. The van der Waals surface area contributed by atoms with Crippen LogP contribution >= 0.6 is 0 Å². The summed E-state index contributed by atoms with van der Waals surface area (Å²) in [4.78, 5) is 6.91. The van der Waals surface area contributed by atoms with Gasteiger partial charge in [-0.2, -0.15) is 4.98 Å². The number of nitrogens with zero attached hydrogens (tertiary/aromatic N) is 2. The average molecular weight is 287 g/mol. The van der Waals surface area contributed by atoms with Gasteiger partial charge in [0, 0.05) is 25.2 Å². The lowest BCUT2D eigenvalue weighted by molar-refractivity contribution is 0.329. The molecule has 2 aromatic rings. The van der Waals surface area contributed by atoms with Crippen LogP contribution in [0.15, 0.2) is 28.7 Å². The average Bonchev–Trinajstić information content (AvgIpc) is 2.89. The number of anilines is 1. The van der Waals surface area contributed by atoms with Crippen molar-refractivity contribution in [2.24, 2.45) is 5.92 Å². The fourth-order valence-electron chi connectivity index (χ4n) is 2.85. The predicted molar refractivity (Wildman–Crippen MR) is 86.7 cm³/mol. The third-order valence-corrected chi connectivity index (χ3v) is 3.99. The van der Waals surface area contributed by atoms with Crippen LogP contribution in [0, 0.1) is 5.92 Å². The molecule has 0 spiro atoms. The van der Waals surface area contributed by atoms with E-state index < -0.39 is 0 Å². The van der Waals surface area contributed by atoms with E-state index in [1.165, 1.54) is 12.8 Å². The molecule has 1 N–H and O–H groups in total. The molecule has 0 bridgehead atoms. The number of fused-ring (bicyclic) bond motifs is 1. The Kier molecular flexibility index (Phi) is 3.89. The number of aromatic nitrogens is 1. The van der Waals surface area contributed by atoms with E-state index in [1.54, 1.807) is 0 Å². The highest BCUT2D eigenvalue weighted by Crippen LogP contribution is 2.26. The maximum atomic E-state index is 5.90. The van der Waals surface area contributed by atoms with Crippen LogP contribution in [0.4, 0.5) is 6.01 Å². The Morgan fingerprint density at radius 3 is 2.90 bits per heavy atom. The van der Waals surface area contributed by atoms with Gasteiger partial charge in [-0.3, -0.25) is 0 Å². The van der Waals surface area contributed by atoms with Crippen LogP contribution in [0.5, 0.6) is 0 Å². The van der Waals surface area contributed by atoms with E-state index in [-0.39, 0.29) is 5.54 Å². The Morgan fingerprint density at radius 2 is 2.14 bits per heavy atom. The van der Waals surface area contributed by atoms with Gasteiger partial charge in [0.05, 0.1) is 0 Å². The van der Waals surface area contributed by atoms with Gasteiger partial charge in [-0.25, -0.2) is 0 Å². The van der Waals surface area contributed by atoms with Gasteiger partial charge in [-0.15, -0.1) is 0 Å². The molecule has 4 heteroatoms. The van der Waals surface area contributed by atoms with Crippen molar-refractivity contribution in [2.75, 3.05) is 24.5 Å². The van der Waals surface area contributed by atoms with Gasteiger partial charge in [-0.1, -0.05) is 12.1 Å². The largest absolute Gasteiger partial charge is 0.423 e. The first-order valence-corrected chi connectivity index (χ1v) is 7.87. The summed E-state index contributed by atoms with van der Waals surface area (Å²) >= 11 is 0. The highest BCUT2D eigenvalue weighted by Gasteiger charge is 2.24. The Balaban J connectivity index is 1.68. The van der Waals surface area contributed by atoms with Gasteiger partial charge in [0.1, 0.15) is 5.52 Å². The van der Waals surface area contributed by atoms with Crippen molar-refractivity contribution in [2.45, 2.75) is 39.2 Å². The molecule has 1 aliphatic heterocycles. The molecule has 114 valence electrons. The van der Waals surface area contributed by atoms with Gasteiger partial charge < -0.3 is 14.6 Å². The molecule has 3 rings (SSSR count). The molecular weight excluding hydrogens is 262 g/mol. The summed E-state index contributed by atoms with van der Waals surface area (Å²) in [6.07, 6.45) is 2.48. The molecule has 1 fully saturated rings. The van der Waals surface area contributed by atoms with Crippen molar-refractivity contribution in [3.8, 4) is 0 Å². The SMILES string of the molecule is CC(C)(C)NCC1CCCN(c2nc3ccccc3o2)C1. The summed E-state index contributed by atoms with van der Waals surface area (Å²) in [5.41, 5.74) is 2.00. The molecule has 1 aliphatic rings. The number of nitrogens with one attached hydrogen (secondary N) is 1. The van der Waals surface area contributed by atoms with Crippen LogP contribution in [0.25, 0.3) is 11.1 Å². The van der Waals surface area contributed by atoms with Gasteiger partial charge in [0.15, 0.2) is 5.58 Å². The maximum Gasteiger partial charge on any atom is 0.298 e. The molecular formula is C17H25N3O. The number of piperidine rings is 1. The predicted octanol–water partition coefficient (Wildman–Crippen LogP) is 3.43. The van der Waals surface area contributed by atoms with Crippen LogP contribution in [0.2, 0.25) is 0 Å². The third kappa shape index (κ3) is 3.56. The highest BCUT2D eigenvalue weighted by molar-refractivity contribution is 5.74. The zero-order chi connectivity index (χ0) is 14.9. The summed E-state index contributed by atoms with van der Waals surface area (Å²) < 4.78 is 5.90. The monoisotopic (exact) mass is 287 g/mol. The third-order valence-electron chi connectivity index (χ3n) is 3.99. The first-order valence-electron chi connectivity index (χ1n) is 7.87. The van der Waals surface area contributed by atoms with Crippen LogP contribution in [0.1, 0.15) is 33.6 Å². The zero-order valence-corrected chi connectivity index (χ0v) is 13.2. The highest BCUT2D eigenvalue weighted by atomic mass is 16.4. The van der Waals surface area contributed by atoms with E-state index in [2.05, 4.69) is 36.0 Å². The van der Waals surface area contributed by atoms with Crippen LogP contribution in [-0.4, -0.2) is 30.2 Å². The summed E-state index contributed by atoms with van der Waals surface area (Å²) in [7, 11) is 0. The first-order chi connectivity index (χ1) is 10.0. The molecule has 0 saturated carbocycles. The smallest absolute Gasteiger partial charge is 0.298 e. The molecule has 0 radical (unpaired) electrons. The van der Waals surface area contributed by atoms with Gasteiger partial charge in [0.25, 0.3) is 6.01 Å². The quantitative estimate of drug-likeness (QED) is 0.939. The second-order valence-electron chi connectivity index (χ2n) is 7.05. The first kappa shape index (κ1) is 14.4. The molecule has 1 saturated heterocycles. The lowest BCUT2D eigenvalue weighted by Gasteiger charge is -2.33. The number of hydrogen-bond donors (Lipinski definition) is 1. The minimum absolute atomic E-state index is 0.180. The normalized spacial score (nSPS) is 20.1. The van der Waals surface area contributed by atoms with Crippen molar-refractivity contribution >= 4 is 17.1 Å². The van der Waals surface area contributed by atoms with Crippen LogP contribution in [0.3, 0.4) is 0 Å². The Morgan fingerprint density at radius 1 is 1.33 bits per heavy atom. The van der Waals surface area contributed by atoms with Gasteiger partial charge in [0.2, 0.25) is 0 Å². The molecule has 1 aromatic carbocycles. The molecule has 21 heavy (non-hydrogen) atoms. The van der Waals surface area contributed by atoms with E-state index in [4.69, 9.17) is 4.42 Å². The van der Waals surface area contributed by atoms with Crippen LogP contribution < -0.4 is 10.2 Å². The molecule has 1 unspecified atom stereocenters. The molecule has 4 nitrogen and oxygen atoms in total. The van der Waals surface area contributed by atoms with Crippen molar-refractivity contribution in [1.82, 2.24) is 10.3 Å². The van der Waals surface area contributed by atoms with Crippen molar-refractivity contribution < 1.29 is 4.42 Å². The number of rotatable bonds is 3. The summed E-state index contributed by atoms with van der Waals surface area (Å²) in [6.45, 7) is 9.77. The topological polar surface area (TPSA) is 41.3 Å². The number of para-hydroxylation sites is 2. The van der Waals surface area contributed by atoms with Gasteiger partial charge >= 0.3 is 0 Å². The van der Waals surface area contributed by atoms with Crippen molar-refractivity contribution in [1.29, 1.82) is 0 Å². The number of hydrogen-bond acceptors (Lipinski definition) is 4. The van der Waals surface area contributed by atoms with Crippen LogP contribution in [-0.2, 0) is 0 Å². The minimum atomic E-state index is 0.180. The fraction of sp³-hybridized carbons (Fsp3) is 0.588. The summed E-state index contributed by atoms with van der Waals surface area (Å²) in [5, 5.41) is 3.61. The standard InChI is InChI=1S/C17H25N3O/c1-17(2,3)18-11-13-7-6-10-20(12-13)16-19-14-8-4-5-9-15(14)21-16/h4-5,8-9,13,18H,6-7,10-12H2,1-3H3. The van der Waals surface area contributed by atoms with Gasteiger partial charge in [-0.05, 0) is 51.7 Å². The van der Waals surface area contributed by atoms with Crippen molar-refractivity contribution in [3.05, 3.63) is 24.3 Å². The fourth-order valence-corrected chi connectivity index (χ4v) is 2.85. The van der Waals surface area contributed by atoms with E-state index in [0.717, 1.165) is 36.7 Å². The van der Waals surface area contributed by atoms with E-state index in [0.29, 0.717) is 5.92 Å². The number of benzene rings is 1. The lowest BCUT2D eigenvalue weighted by Crippen LogP contribution is -2.44. The Bertz CT molecular complexity index is 566. The second-order valence-corrected chi connectivity index (χ2v) is 7.05. The molecule has 0 aliphatic carbocycles. The Labute approximate surface area is 126 Å². The summed E-state index contributed by atoms with van der Waals surface area (Å²) in [6, 6.07) is 8.75. The Hall–Kier alpha value is -1.55.